The van der Waals surface area contributed by atoms with Crippen molar-refractivity contribution in [3.05, 3.63) is 64.7 Å². The topological polar surface area (TPSA) is 41.1 Å². The molecule has 0 unspecified atom stereocenters. The van der Waals surface area contributed by atoms with Crippen LogP contribution in [0.3, 0.4) is 0 Å². The van der Waals surface area contributed by atoms with E-state index in [1.54, 1.807) is 12.1 Å². The molecule has 1 atom stereocenters. The average molecular weight is 325 g/mol. The highest BCUT2D eigenvalue weighted by atomic mass is 35.5. The number of hydrogen-bond acceptors (Lipinski definition) is 2. The molecule has 0 bridgehead atoms. The lowest BCUT2D eigenvalue weighted by Gasteiger charge is -2.14. The summed E-state index contributed by atoms with van der Waals surface area (Å²) in [5, 5.41) is 6.18. The normalized spacial score (nSPS) is 12.0. The van der Waals surface area contributed by atoms with Crippen molar-refractivity contribution < 1.29 is 13.6 Å². The van der Waals surface area contributed by atoms with Gasteiger partial charge in [0, 0.05) is 22.8 Å². The van der Waals surface area contributed by atoms with Gasteiger partial charge in [0.05, 0.1) is 6.54 Å². The second-order valence-electron chi connectivity index (χ2n) is 4.83. The molecule has 0 aromatic heterocycles. The van der Waals surface area contributed by atoms with Crippen LogP contribution in [0, 0.1) is 11.6 Å². The number of carbonyl (C=O) groups excluding carboxylic acids is 1. The summed E-state index contributed by atoms with van der Waals surface area (Å²) in [5.41, 5.74) is 1.20. The lowest BCUT2D eigenvalue weighted by atomic mass is 10.1. The second kappa shape index (κ2) is 7.33. The zero-order valence-electron chi connectivity index (χ0n) is 11.9. The Morgan fingerprint density at radius 3 is 2.45 bits per heavy atom. The summed E-state index contributed by atoms with van der Waals surface area (Å²) in [6.07, 6.45) is 0. The molecule has 2 N–H and O–H groups in total. The first kappa shape index (κ1) is 16.4. The fraction of sp³-hybridized carbons (Fsp3) is 0.188. The molecule has 116 valence electrons. The molecule has 0 radical (unpaired) electrons. The molecule has 0 fully saturated rings. The van der Waals surface area contributed by atoms with E-state index in [0.717, 1.165) is 17.7 Å². The Morgan fingerprint density at radius 2 is 1.82 bits per heavy atom. The number of halogens is 3. The molecule has 1 amide bonds. The van der Waals surface area contributed by atoms with Crippen LogP contribution in [0.25, 0.3) is 0 Å². The van der Waals surface area contributed by atoms with E-state index in [1.165, 1.54) is 6.07 Å². The molecule has 2 aromatic rings. The van der Waals surface area contributed by atoms with Crippen LogP contribution < -0.4 is 10.6 Å². The predicted molar refractivity (Wildman–Crippen MR) is 82.9 cm³/mol. The fourth-order valence-electron chi connectivity index (χ4n) is 1.89. The molecule has 2 rings (SSSR count). The Hall–Kier alpha value is -1.98. The molecule has 0 saturated carbocycles. The largest absolute Gasteiger partial charge is 0.325 e. The number of nitrogens with one attached hydrogen (secondary N) is 2. The summed E-state index contributed by atoms with van der Waals surface area (Å²) >= 11 is 5.82. The molecule has 6 heteroatoms. The van der Waals surface area contributed by atoms with Gasteiger partial charge in [0.2, 0.25) is 5.91 Å². The molecule has 3 nitrogen and oxygen atoms in total. The van der Waals surface area contributed by atoms with Crippen molar-refractivity contribution in [2.75, 3.05) is 11.9 Å². The third-order valence-electron chi connectivity index (χ3n) is 3.14. The van der Waals surface area contributed by atoms with Crippen molar-refractivity contribution in [1.82, 2.24) is 5.32 Å². The first-order chi connectivity index (χ1) is 10.5. The van der Waals surface area contributed by atoms with Crippen molar-refractivity contribution in [2.24, 2.45) is 0 Å². The Labute approximate surface area is 132 Å². The highest BCUT2D eigenvalue weighted by molar-refractivity contribution is 6.30. The van der Waals surface area contributed by atoms with Gasteiger partial charge in [-0.05, 0) is 36.8 Å². The van der Waals surface area contributed by atoms with Crippen molar-refractivity contribution in [3.63, 3.8) is 0 Å². The monoisotopic (exact) mass is 324 g/mol. The SMILES string of the molecule is C[C@H](NCC(=O)Nc1ccc(F)c(F)c1)c1ccc(Cl)cc1. The van der Waals surface area contributed by atoms with Gasteiger partial charge in [0.25, 0.3) is 0 Å². The number of carbonyl (C=O) groups is 1. The number of rotatable bonds is 5. The van der Waals surface area contributed by atoms with Gasteiger partial charge in [0.1, 0.15) is 0 Å². The average Bonchev–Trinajstić information content (AvgIpc) is 2.49. The van der Waals surface area contributed by atoms with Crippen LogP contribution in [-0.4, -0.2) is 12.5 Å². The molecular formula is C16H15ClF2N2O. The maximum Gasteiger partial charge on any atom is 0.238 e. The predicted octanol–water partition coefficient (Wildman–Crippen LogP) is 3.91. The smallest absolute Gasteiger partial charge is 0.238 e. The van der Waals surface area contributed by atoms with Gasteiger partial charge < -0.3 is 10.6 Å². The minimum atomic E-state index is -1.000. The first-order valence-corrected chi connectivity index (χ1v) is 7.07. The van der Waals surface area contributed by atoms with E-state index < -0.39 is 11.6 Å². The molecule has 2 aromatic carbocycles. The molecule has 0 aliphatic heterocycles. The molecule has 0 heterocycles. The van der Waals surface area contributed by atoms with Gasteiger partial charge in [-0.15, -0.1) is 0 Å². The first-order valence-electron chi connectivity index (χ1n) is 6.69. The van der Waals surface area contributed by atoms with Gasteiger partial charge in [-0.3, -0.25) is 4.79 Å². The summed E-state index contributed by atoms with van der Waals surface area (Å²) in [6.45, 7) is 1.96. The highest BCUT2D eigenvalue weighted by Gasteiger charge is 2.09. The van der Waals surface area contributed by atoms with E-state index in [-0.39, 0.29) is 24.2 Å². The van der Waals surface area contributed by atoms with E-state index in [0.29, 0.717) is 5.02 Å². The molecule has 0 aliphatic carbocycles. The summed E-state index contributed by atoms with van der Waals surface area (Å²) in [5.74, 6) is -2.29. The van der Waals surface area contributed by atoms with Crippen LogP contribution in [0.4, 0.5) is 14.5 Å². The van der Waals surface area contributed by atoms with Crippen LogP contribution in [0.5, 0.6) is 0 Å². The van der Waals surface area contributed by atoms with E-state index in [2.05, 4.69) is 10.6 Å². The van der Waals surface area contributed by atoms with Crippen LogP contribution in [0.2, 0.25) is 5.02 Å². The maximum atomic E-state index is 13.0. The maximum absolute atomic E-state index is 13.0. The van der Waals surface area contributed by atoms with Gasteiger partial charge >= 0.3 is 0 Å². The number of anilines is 1. The molecule has 0 aliphatic rings. The van der Waals surface area contributed by atoms with E-state index in [9.17, 15) is 13.6 Å². The second-order valence-corrected chi connectivity index (χ2v) is 5.27. The summed E-state index contributed by atoms with van der Waals surface area (Å²) in [6, 6.07) is 10.4. The Bertz CT molecular complexity index is 662. The zero-order chi connectivity index (χ0) is 16.1. The third-order valence-corrected chi connectivity index (χ3v) is 3.39. The van der Waals surface area contributed by atoms with Crippen molar-refractivity contribution in [2.45, 2.75) is 13.0 Å². The summed E-state index contributed by atoms with van der Waals surface area (Å²) in [7, 11) is 0. The van der Waals surface area contributed by atoms with Gasteiger partial charge in [-0.1, -0.05) is 23.7 Å². The van der Waals surface area contributed by atoms with Crippen LogP contribution in [0.15, 0.2) is 42.5 Å². The van der Waals surface area contributed by atoms with Crippen molar-refractivity contribution in [3.8, 4) is 0 Å². The quantitative estimate of drug-likeness (QED) is 0.875. The Kier molecular flexibility index (Phi) is 5.46. The van der Waals surface area contributed by atoms with Crippen molar-refractivity contribution in [1.29, 1.82) is 0 Å². The highest BCUT2D eigenvalue weighted by Crippen LogP contribution is 2.16. The van der Waals surface area contributed by atoms with E-state index in [1.807, 2.05) is 19.1 Å². The molecule has 0 saturated heterocycles. The van der Waals surface area contributed by atoms with Crippen molar-refractivity contribution >= 4 is 23.2 Å². The van der Waals surface area contributed by atoms with Gasteiger partial charge in [0.15, 0.2) is 11.6 Å². The zero-order valence-corrected chi connectivity index (χ0v) is 12.6. The number of hydrogen-bond donors (Lipinski definition) is 2. The van der Waals surface area contributed by atoms with Gasteiger partial charge in [-0.25, -0.2) is 8.78 Å². The van der Waals surface area contributed by atoms with E-state index >= 15 is 0 Å². The number of benzene rings is 2. The molecule has 22 heavy (non-hydrogen) atoms. The lowest BCUT2D eigenvalue weighted by Crippen LogP contribution is -2.30. The molecular weight excluding hydrogens is 310 g/mol. The third kappa shape index (κ3) is 4.51. The fourth-order valence-corrected chi connectivity index (χ4v) is 2.02. The minimum absolute atomic E-state index is 0.0444. The van der Waals surface area contributed by atoms with Crippen LogP contribution in [0.1, 0.15) is 18.5 Å². The van der Waals surface area contributed by atoms with E-state index in [4.69, 9.17) is 11.6 Å². The van der Waals surface area contributed by atoms with Crippen LogP contribution >= 0.6 is 11.6 Å². The van der Waals surface area contributed by atoms with Gasteiger partial charge in [-0.2, -0.15) is 0 Å². The standard InChI is InChI=1S/C16H15ClF2N2O/c1-10(11-2-4-12(17)5-3-11)20-9-16(22)21-13-6-7-14(18)15(19)8-13/h2-8,10,20H,9H2,1H3,(H,21,22)/t10-/m0/s1. The number of amides is 1. The Morgan fingerprint density at radius 1 is 1.14 bits per heavy atom. The summed E-state index contributed by atoms with van der Waals surface area (Å²) in [4.78, 5) is 11.8. The van der Waals surface area contributed by atoms with Crippen LogP contribution in [-0.2, 0) is 4.79 Å². The minimum Gasteiger partial charge on any atom is -0.325 e. The molecule has 0 spiro atoms. The summed E-state index contributed by atoms with van der Waals surface area (Å²) < 4.78 is 25.8. The lowest BCUT2D eigenvalue weighted by molar-refractivity contribution is -0.115. The Balaban J connectivity index is 1.86.